The minimum Gasteiger partial charge on any atom is -0.462 e. The van der Waals surface area contributed by atoms with E-state index in [1.165, 1.54) is 12.1 Å². The van der Waals surface area contributed by atoms with Crippen molar-refractivity contribution in [1.29, 1.82) is 0 Å². The van der Waals surface area contributed by atoms with Crippen LogP contribution in [0.1, 0.15) is 40.5 Å². The van der Waals surface area contributed by atoms with Crippen LogP contribution in [0.2, 0.25) is 0 Å². The Balaban J connectivity index is 2.15. The number of hydrogen-bond donors (Lipinski definition) is 1. The molecule has 2 aromatic rings. The highest BCUT2D eigenvalue weighted by atomic mass is 19.2. The van der Waals surface area contributed by atoms with Crippen molar-refractivity contribution >= 4 is 17.6 Å². The van der Waals surface area contributed by atoms with E-state index in [9.17, 15) is 18.4 Å². The van der Waals surface area contributed by atoms with E-state index in [0.29, 0.717) is 6.61 Å². The summed E-state index contributed by atoms with van der Waals surface area (Å²) >= 11 is 0. The third-order valence-electron chi connectivity index (χ3n) is 3.31. The second-order valence-electron chi connectivity index (χ2n) is 5.12. The molecule has 0 spiro atoms. The Bertz CT molecular complexity index is 747. The minimum absolute atomic E-state index is 0.0527. The van der Waals surface area contributed by atoms with Gasteiger partial charge < -0.3 is 10.1 Å². The van der Waals surface area contributed by atoms with Gasteiger partial charge in [-0.25, -0.2) is 13.6 Å². The Morgan fingerprint density at radius 3 is 2.54 bits per heavy atom. The molecular formula is C18H17F2NO3. The number of rotatable bonds is 6. The van der Waals surface area contributed by atoms with Crippen LogP contribution >= 0.6 is 0 Å². The number of esters is 1. The molecule has 0 aliphatic heterocycles. The van der Waals surface area contributed by atoms with Crippen LogP contribution in [-0.2, 0) is 4.74 Å². The summed E-state index contributed by atoms with van der Waals surface area (Å²) in [5.41, 5.74) is 0.390. The summed E-state index contributed by atoms with van der Waals surface area (Å²) in [6, 6.07) is 9.18. The summed E-state index contributed by atoms with van der Waals surface area (Å²) in [7, 11) is 0. The van der Waals surface area contributed by atoms with Crippen LogP contribution in [0.5, 0.6) is 0 Å². The molecule has 0 aliphatic rings. The van der Waals surface area contributed by atoms with Crippen molar-refractivity contribution in [1.82, 2.24) is 0 Å². The van der Waals surface area contributed by atoms with E-state index >= 15 is 0 Å². The summed E-state index contributed by atoms with van der Waals surface area (Å²) < 4.78 is 31.3. The molecular weight excluding hydrogens is 316 g/mol. The highest BCUT2D eigenvalue weighted by Crippen LogP contribution is 2.18. The fraction of sp³-hybridized carbons (Fsp3) is 0.222. The highest BCUT2D eigenvalue weighted by Gasteiger charge is 2.16. The fourth-order valence-corrected chi connectivity index (χ4v) is 1.99. The standard InChI is InChI=1S/C18H17F2NO3/c1-2-3-10-24-18(23)13-6-4-5-7-16(13)21-17(22)12-8-9-14(19)15(20)11-12/h4-9,11H,2-3,10H2,1H3,(H,21,22). The van der Waals surface area contributed by atoms with Gasteiger partial charge in [0.25, 0.3) is 5.91 Å². The number of para-hydroxylation sites is 1. The van der Waals surface area contributed by atoms with E-state index in [0.717, 1.165) is 31.0 Å². The SMILES string of the molecule is CCCCOC(=O)c1ccccc1NC(=O)c1ccc(F)c(F)c1. The maximum atomic E-state index is 13.2. The lowest BCUT2D eigenvalue weighted by Gasteiger charge is -2.11. The van der Waals surface area contributed by atoms with E-state index in [1.807, 2.05) is 6.92 Å². The smallest absolute Gasteiger partial charge is 0.340 e. The molecule has 1 amide bonds. The van der Waals surface area contributed by atoms with E-state index in [4.69, 9.17) is 4.74 Å². The Labute approximate surface area is 138 Å². The first-order valence-corrected chi connectivity index (χ1v) is 7.55. The molecule has 2 rings (SSSR count). The molecule has 1 N–H and O–H groups in total. The predicted molar refractivity (Wildman–Crippen MR) is 85.9 cm³/mol. The quantitative estimate of drug-likeness (QED) is 0.637. The van der Waals surface area contributed by atoms with Crippen molar-refractivity contribution in [3.05, 3.63) is 65.2 Å². The molecule has 0 heterocycles. The normalized spacial score (nSPS) is 10.3. The molecule has 24 heavy (non-hydrogen) atoms. The zero-order valence-electron chi connectivity index (χ0n) is 13.1. The van der Waals surface area contributed by atoms with Crippen LogP contribution in [0.15, 0.2) is 42.5 Å². The van der Waals surface area contributed by atoms with Crippen LogP contribution in [0.25, 0.3) is 0 Å². The predicted octanol–water partition coefficient (Wildman–Crippen LogP) is 4.17. The van der Waals surface area contributed by atoms with Crippen molar-refractivity contribution in [2.24, 2.45) is 0 Å². The van der Waals surface area contributed by atoms with Gasteiger partial charge in [-0.05, 0) is 36.8 Å². The Kier molecular flexibility index (Phi) is 6.01. The van der Waals surface area contributed by atoms with Gasteiger partial charge >= 0.3 is 5.97 Å². The molecule has 4 nitrogen and oxygen atoms in total. The molecule has 0 aromatic heterocycles. The van der Waals surface area contributed by atoms with Gasteiger partial charge in [0.05, 0.1) is 17.9 Å². The number of amides is 1. The second kappa shape index (κ2) is 8.19. The number of unbranched alkanes of at least 4 members (excludes halogenated alkanes) is 1. The van der Waals surface area contributed by atoms with Gasteiger partial charge in [-0.3, -0.25) is 4.79 Å². The van der Waals surface area contributed by atoms with E-state index in [-0.39, 0.29) is 16.8 Å². The first-order chi connectivity index (χ1) is 11.5. The lowest BCUT2D eigenvalue weighted by molar-refractivity contribution is 0.0501. The Morgan fingerprint density at radius 2 is 1.83 bits per heavy atom. The summed E-state index contributed by atoms with van der Waals surface area (Å²) in [4.78, 5) is 24.2. The third-order valence-corrected chi connectivity index (χ3v) is 3.31. The summed E-state index contributed by atoms with van der Waals surface area (Å²) in [6.45, 7) is 2.27. The van der Waals surface area contributed by atoms with Gasteiger partial charge in [-0.1, -0.05) is 25.5 Å². The lowest BCUT2D eigenvalue weighted by Crippen LogP contribution is -2.16. The van der Waals surface area contributed by atoms with Gasteiger partial charge in [-0.2, -0.15) is 0 Å². The number of ether oxygens (including phenoxy) is 1. The third kappa shape index (κ3) is 4.38. The number of nitrogens with one attached hydrogen (secondary N) is 1. The van der Waals surface area contributed by atoms with Gasteiger partial charge in [0.15, 0.2) is 11.6 Å². The first kappa shape index (κ1) is 17.6. The van der Waals surface area contributed by atoms with Crippen LogP contribution in [0.3, 0.4) is 0 Å². The maximum absolute atomic E-state index is 13.2. The monoisotopic (exact) mass is 333 g/mol. The van der Waals surface area contributed by atoms with Crippen LogP contribution < -0.4 is 5.32 Å². The Morgan fingerprint density at radius 1 is 1.08 bits per heavy atom. The van der Waals surface area contributed by atoms with E-state index in [1.54, 1.807) is 12.1 Å². The van der Waals surface area contributed by atoms with Gasteiger partial charge in [0.1, 0.15) is 0 Å². The second-order valence-corrected chi connectivity index (χ2v) is 5.12. The number of carbonyl (C=O) groups excluding carboxylic acids is 2. The lowest BCUT2D eigenvalue weighted by atomic mass is 10.1. The fourth-order valence-electron chi connectivity index (χ4n) is 1.99. The number of hydrogen-bond acceptors (Lipinski definition) is 3. The zero-order valence-corrected chi connectivity index (χ0v) is 13.1. The van der Waals surface area contributed by atoms with Crippen molar-refractivity contribution in [2.75, 3.05) is 11.9 Å². The van der Waals surface area contributed by atoms with Gasteiger partial charge in [-0.15, -0.1) is 0 Å². The molecule has 2 aromatic carbocycles. The van der Waals surface area contributed by atoms with Gasteiger partial charge in [0, 0.05) is 5.56 Å². The van der Waals surface area contributed by atoms with E-state index in [2.05, 4.69) is 5.32 Å². The van der Waals surface area contributed by atoms with Crippen molar-refractivity contribution in [2.45, 2.75) is 19.8 Å². The van der Waals surface area contributed by atoms with Crippen LogP contribution in [-0.4, -0.2) is 18.5 Å². The number of halogens is 2. The molecule has 0 saturated heterocycles. The average Bonchev–Trinajstić information content (AvgIpc) is 2.58. The number of carbonyl (C=O) groups is 2. The Hall–Kier alpha value is -2.76. The molecule has 0 saturated carbocycles. The molecule has 0 aliphatic carbocycles. The highest BCUT2D eigenvalue weighted by molar-refractivity contribution is 6.08. The molecule has 0 unspecified atom stereocenters. The van der Waals surface area contributed by atoms with E-state index < -0.39 is 23.5 Å². The van der Waals surface area contributed by atoms with Crippen molar-refractivity contribution in [3.8, 4) is 0 Å². The minimum atomic E-state index is -1.12. The molecule has 0 atom stereocenters. The van der Waals surface area contributed by atoms with Gasteiger partial charge in [0.2, 0.25) is 0 Å². The summed E-state index contributed by atoms with van der Waals surface area (Å²) in [5, 5.41) is 2.52. The van der Waals surface area contributed by atoms with Crippen LogP contribution in [0.4, 0.5) is 14.5 Å². The maximum Gasteiger partial charge on any atom is 0.340 e. The van der Waals surface area contributed by atoms with Crippen molar-refractivity contribution in [3.63, 3.8) is 0 Å². The molecule has 0 bridgehead atoms. The molecule has 0 radical (unpaired) electrons. The zero-order chi connectivity index (χ0) is 17.5. The number of anilines is 1. The first-order valence-electron chi connectivity index (χ1n) is 7.55. The molecule has 6 heteroatoms. The van der Waals surface area contributed by atoms with Crippen molar-refractivity contribution < 1.29 is 23.1 Å². The van der Waals surface area contributed by atoms with Crippen LogP contribution in [0, 0.1) is 11.6 Å². The molecule has 0 fully saturated rings. The number of benzene rings is 2. The summed E-state index contributed by atoms with van der Waals surface area (Å²) in [5.74, 6) is -3.35. The molecule has 126 valence electrons. The largest absolute Gasteiger partial charge is 0.462 e. The average molecular weight is 333 g/mol. The summed E-state index contributed by atoms with van der Waals surface area (Å²) in [6.07, 6.45) is 1.64. The topological polar surface area (TPSA) is 55.4 Å².